The Labute approximate surface area is 153 Å². The van der Waals surface area contributed by atoms with Gasteiger partial charge in [0.2, 0.25) is 0 Å². The number of rotatable bonds is 4. The zero-order valence-corrected chi connectivity index (χ0v) is 14.6. The molecule has 6 nitrogen and oxygen atoms in total. The molecule has 26 heavy (non-hydrogen) atoms. The van der Waals surface area contributed by atoms with Crippen molar-refractivity contribution in [3.05, 3.63) is 64.7 Å². The van der Waals surface area contributed by atoms with Crippen LogP contribution in [0.1, 0.15) is 17.5 Å². The van der Waals surface area contributed by atoms with Crippen molar-refractivity contribution in [2.45, 2.75) is 13.0 Å². The monoisotopic (exact) mass is 371 g/mol. The van der Waals surface area contributed by atoms with Crippen LogP contribution in [0.3, 0.4) is 0 Å². The summed E-state index contributed by atoms with van der Waals surface area (Å²) < 4.78 is 15.3. The first kappa shape index (κ1) is 16.7. The van der Waals surface area contributed by atoms with Crippen LogP contribution in [0, 0.1) is 12.7 Å². The minimum absolute atomic E-state index is 0.0232. The van der Waals surface area contributed by atoms with E-state index in [1.807, 2.05) is 31.2 Å². The molecule has 0 saturated carbocycles. The summed E-state index contributed by atoms with van der Waals surface area (Å²) in [6.45, 7) is 1.97. The number of anilines is 1. The lowest BCUT2D eigenvalue weighted by Gasteiger charge is -2.15. The van der Waals surface area contributed by atoms with Gasteiger partial charge in [0.05, 0.1) is 11.1 Å². The molecule has 132 valence electrons. The molecule has 0 fully saturated rings. The van der Waals surface area contributed by atoms with Gasteiger partial charge in [-0.3, -0.25) is 0 Å². The van der Waals surface area contributed by atoms with Crippen LogP contribution < -0.4 is 5.32 Å². The molecular weight excluding hydrogens is 357 g/mol. The predicted octanol–water partition coefficient (Wildman–Crippen LogP) is 3.52. The molecule has 0 spiro atoms. The molecule has 2 N–H and O–H groups in total. The average molecular weight is 372 g/mol. The van der Waals surface area contributed by atoms with Crippen molar-refractivity contribution in [1.29, 1.82) is 0 Å². The molecule has 1 atom stereocenters. The van der Waals surface area contributed by atoms with Gasteiger partial charge in [-0.15, -0.1) is 15.3 Å². The van der Waals surface area contributed by atoms with E-state index in [4.69, 9.17) is 11.6 Å². The average Bonchev–Trinajstić information content (AvgIpc) is 3.03. The van der Waals surface area contributed by atoms with Crippen molar-refractivity contribution in [2.24, 2.45) is 0 Å². The smallest absolute Gasteiger partial charge is 0.185 e. The zero-order chi connectivity index (χ0) is 18.3. The Bertz CT molecular complexity index is 1110. The second kappa shape index (κ2) is 6.51. The standard InChI is InChI=1S/C18H15ClFN5O/c1-10-22-23-18-13-5-3-2-4-12(13)17(24-25(10)18)21-9-16(26)11-6-7-14(19)15(20)8-11/h2-8,16,26H,9H2,1H3,(H,21,24)/t16-/m0/s1. The van der Waals surface area contributed by atoms with Crippen LogP contribution >= 0.6 is 11.6 Å². The summed E-state index contributed by atoms with van der Waals surface area (Å²) in [5.74, 6) is 0.687. The zero-order valence-electron chi connectivity index (χ0n) is 13.8. The molecule has 8 heteroatoms. The Morgan fingerprint density at radius 3 is 2.73 bits per heavy atom. The molecule has 2 heterocycles. The number of hydrogen-bond donors (Lipinski definition) is 2. The number of nitrogens with one attached hydrogen (secondary N) is 1. The molecule has 4 aromatic rings. The Kier molecular flexibility index (Phi) is 4.18. The SMILES string of the molecule is Cc1nnc2c3ccccc3c(NC[C@H](O)c3ccc(Cl)c(F)c3)nn12. The second-order valence-corrected chi connectivity index (χ2v) is 6.35. The van der Waals surface area contributed by atoms with Gasteiger partial charge >= 0.3 is 0 Å². The molecule has 0 saturated heterocycles. The second-order valence-electron chi connectivity index (χ2n) is 5.95. The molecule has 2 aromatic heterocycles. The van der Waals surface area contributed by atoms with Crippen molar-refractivity contribution in [2.75, 3.05) is 11.9 Å². The summed E-state index contributed by atoms with van der Waals surface area (Å²) in [7, 11) is 0. The molecule has 2 aromatic carbocycles. The maximum absolute atomic E-state index is 13.6. The first-order valence-corrected chi connectivity index (χ1v) is 8.40. The summed E-state index contributed by atoms with van der Waals surface area (Å²) in [6.07, 6.45) is -0.917. The van der Waals surface area contributed by atoms with Gasteiger partial charge in [0.15, 0.2) is 17.3 Å². The van der Waals surface area contributed by atoms with Crippen molar-refractivity contribution < 1.29 is 9.50 Å². The molecular formula is C18H15ClFN5O. The molecule has 0 amide bonds. The van der Waals surface area contributed by atoms with Gasteiger partial charge in [0, 0.05) is 17.3 Å². The van der Waals surface area contributed by atoms with Crippen molar-refractivity contribution in [3.8, 4) is 0 Å². The highest BCUT2D eigenvalue weighted by Crippen LogP contribution is 2.26. The number of aliphatic hydroxyl groups excluding tert-OH is 1. The van der Waals surface area contributed by atoms with Gasteiger partial charge in [-0.05, 0) is 24.6 Å². The summed E-state index contributed by atoms with van der Waals surface area (Å²) in [5, 5.41) is 28.1. The van der Waals surface area contributed by atoms with Gasteiger partial charge in [0.25, 0.3) is 0 Å². The van der Waals surface area contributed by atoms with Gasteiger partial charge < -0.3 is 10.4 Å². The molecule has 0 bridgehead atoms. The van der Waals surface area contributed by atoms with Gasteiger partial charge in [-0.2, -0.15) is 4.52 Å². The molecule has 0 aliphatic heterocycles. The minimum atomic E-state index is -0.917. The number of fused-ring (bicyclic) bond motifs is 3. The molecule has 4 rings (SSSR count). The minimum Gasteiger partial charge on any atom is -0.387 e. The Hall–Kier alpha value is -2.77. The maximum atomic E-state index is 13.6. The van der Waals surface area contributed by atoms with Gasteiger partial charge in [-0.25, -0.2) is 4.39 Å². The first-order valence-electron chi connectivity index (χ1n) is 8.02. The number of aromatic nitrogens is 4. The third-order valence-corrected chi connectivity index (χ3v) is 4.52. The normalized spacial score (nSPS) is 12.6. The third-order valence-electron chi connectivity index (χ3n) is 4.21. The number of halogens is 2. The van der Waals surface area contributed by atoms with Crippen LogP contribution in [-0.4, -0.2) is 31.5 Å². The lowest BCUT2D eigenvalue weighted by Crippen LogP contribution is -2.14. The van der Waals surface area contributed by atoms with Gasteiger partial charge in [0.1, 0.15) is 5.82 Å². The fourth-order valence-electron chi connectivity index (χ4n) is 2.85. The summed E-state index contributed by atoms with van der Waals surface area (Å²) in [5.41, 5.74) is 1.11. The van der Waals surface area contributed by atoms with E-state index in [0.29, 0.717) is 22.9 Å². The van der Waals surface area contributed by atoms with Crippen LogP contribution in [0.2, 0.25) is 5.02 Å². The van der Waals surface area contributed by atoms with E-state index in [1.54, 1.807) is 10.6 Å². The molecule has 0 aliphatic carbocycles. The topological polar surface area (TPSA) is 75.3 Å². The van der Waals surface area contributed by atoms with Crippen molar-refractivity contribution >= 4 is 33.8 Å². The highest BCUT2D eigenvalue weighted by Gasteiger charge is 2.14. The first-order chi connectivity index (χ1) is 12.5. The fraction of sp³-hybridized carbons (Fsp3) is 0.167. The van der Waals surface area contributed by atoms with Crippen molar-refractivity contribution in [3.63, 3.8) is 0 Å². The van der Waals surface area contributed by atoms with Crippen LogP contribution in [0.5, 0.6) is 0 Å². The van der Waals surface area contributed by atoms with Crippen LogP contribution in [-0.2, 0) is 0 Å². The third kappa shape index (κ3) is 2.85. The number of aryl methyl sites for hydroxylation is 1. The highest BCUT2D eigenvalue weighted by molar-refractivity contribution is 6.30. The summed E-state index contributed by atoms with van der Waals surface area (Å²) >= 11 is 5.69. The molecule has 0 radical (unpaired) electrons. The van der Waals surface area contributed by atoms with Crippen LogP contribution in [0.4, 0.5) is 10.2 Å². The van der Waals surface area contributed by atoms with E-state index in [1.165, 1.54) is 12.1 Å². The van der Waals surface area contributed by atoms with E-state index in [0.717, 1.165) is 10.8 Å². The largest absolute Gasteiger partial charge is 0.387 e. The summed E-state index contributed by atoms with van der Waals surface area (Å²) in [4.78, 5) is 0. The Morgan fingerprint density at radius 2 is 1.96 bits per heavy atom. The number of hydrogen-bond acceptors (Lipinski definition) is 5. The Balaban J connectivity index is 1.67. The van der Waals surface area contributed by atoms with E-state index in [9.17, 15) is 9.50 Å². The summed E-state index contributed by atoms with van der Waals surface area (Å²) in [6, 6.07) is 11.9. The maximum Gasteiger partial charge on any atom is 0.185 e. The lowest BCUT2D eigenvalue weighted by molar-refractivity contribution is 0.191. The molecule has 0 aliphatic rings. The van der Waals surface area contributed by atoms with E-state index in [2.05, 4.69) is 20.6 Å². The Morgan fingerprint density at radius 1 is 1.19 bits per heavy atom. The highest BCUT2D eigenvalue weighted by atomic mass is 35.5. The van der Waals surface area contributed by atoms with E-state index >= 15 is 0 Å². The van der Waals surface area contributed by atoms with Crippen molar-refractivity contribution in [1.82, 2.24) is 19.8 Å². The number of nitrogens with zero attached hydrogens (tertiary/aromatic N) is 4. The van der Waals surface area contributed by atoms with Crippen LogP contribution in [0.15, 0.2) is 42.5 Å². The van der Waals surface area contributed by atoms with E-state index in [-0.39, 0.29) is 11.6 Å². The van der Waals surface area contributed by atoms with Crippen LogP contribution in [0.25, 0.3) is 16.4 Å². The lowest BCUT2D eigenvalue weighted by atomic mass is 10.1. The van der Waals surface area contributed by atoms with Gasteiger partial charge in [-0.1, -0.05) is 41.9 Å². The predicted molar refractivity (Wildman–Crippen MR) is 97.9 cm³/mol. The molecule has 0 unspecified atom stereocenters. The number of benzene rings is 2. The fourth-order valence-corrected chi connectivity index (χ4v) is 2.96. The van der Waals surface area contributed by atoms with E-state index < -0.39 is 11.9 Å². The number of aliphatic hydroxyl groups is 1. The quantitative estimate of drug-likeness (QED) is 0.574.